The van der Waals surface area contributed by atoms with E-state index in [2.05, 4.69) is 10.3 Å². The number of carbonyl (C=O) groups excluding carboxylic acids is 2. The van der Waals surface area contributed by atoms with Gasteiger partial charge in [-0.25, -0.2) is 4.98 Å². The van der Waals surface area contributed by atoms with Gasteiger partial charge < -0.3 is 14.8 Å². The number of para-hydroxylation sites is 2. The molecule has 1 N–H and O–H groups in total. The molecule has 1 aliphatic heterocycles. The van der Waals surface area contributed by atoms with Crippen LogP contribution in [0.1, 0.15) is 35.8 Å². The highest BCUT2D eigenvalue weighted by molar-refractivity contribution is 5.85. The van der Waals surface area contributed by atoms with E-state index in [4.69, 9.17) is 0 Å². The van der Waals surface area contributed by atoms with Gasteiger partial charge in [0, 0.05) is 20.0 Å². The molecule has 2 atom stereocenters. The molecule has 1 aliphatic rings. The van der Waals surface area contributed by atoms with E-state index >= 15 is 0 Å². The first-order valence-corrected chi connectivity index (χ1v) is 11.7. The molecule has 0 aliphatic carbocycles. The van der Waals surface area contributed by atoms with Crippen molar-refractivity contribution in [1.82, 2.24) is 19.8 Å². The molecule has 2 heterocycles. The third kappa shape index (κ3) is 4.31. The number of piperidine rings is 1. The smallest absolute Gasteiger partial charge is 0.225 e. The second-order valence-electron chi connectivity index (χ2n) is 8.80. The molecule has 6 heteroatoms. The van der Waals surface area contributed by atoms with E-state index in [0.717, 1.165) is 28.0 Å². The third-order valence-electron chi connectivity index (χ3n) is 6.68. The SMILES string of the molecule is Cn1c(CNC(=O)C2CCC(=O)N(Cc3ccccc3)C2c2ccccc2)nc2ccccc21. The number of imidazole rings is 1. The Hall–Kier alpha value is -3.93. The Balaban J connectivity index is 1.40. The van der Waals surface area contributed by atoms with Gasteiger partial charge in [-0.15, -0.1) is 0 Å². The Bertz CT molecular complexity index is 1300. The predicted molar refractivity (Wildman–Crippen MR) is 131 cm³/mol. The number of hydrogen-bond acceptors (Lipinski definition) is 3. The highest BCUT2D eigenvalue weighted by Crippen LogP contribution is 2.38. The monoisotopic (exact) mass is 452 g/mol. The van der Waals surface area contributed by atoms with Gasteiger partial charge in [0.25, 0.3) is 0 Å². The van der Waals surface area contributed by atoms with Crippen molar-refractivity contribution in [3.63, 3.8) is 0 Å². The van der Waals surface area contributed by atoms with Crippen LogP contribution in [0.3, 0.4) is 0 Å². The van der Waals surface area contributed by atoms with Crippen molar-refractivity contribution < 1.29 is 9.59 Å². The van der Waals surface area contributed by atoms with E-state index in [0.29, 0.717) is 25.9 Å². The zero-order valence-corrected chi connectivity index (χ0v) is 19.2. The minimum Gasteiger partial charge on any atom is -0.349 e. The van der Waals surface area contributed by atoms with E-state index in [1.165, 1.54) is 0 Å². The summed E-state index contributed by atoms with van der Waals surface area (Å²) in [4.78, 5) is 33.1. The van der Waals surface area contributed by atoms with Crippen LogP contribution in [0.4, 0.5) is 0 Å². The number of fused-ring (bicyclic) bond motifs is 1. The van der Waals surface area contributed by atoms with Crippen molar-refractivity contribution in [2.24, 2.45) is 13.0 Å². The number of aryl methyl sites for hydroxylation is 1. The second-order valence-corrected chi connectivity index (χ2v) is 8.80. The quantitative estimate of drug-likeness (QED) is 0.472. The summed E-state index contributed by atoms with van der Waals surface area (Å²) in [5, 5.41) is 3.11. The lowest BCUT2D eigenvalue weighted by Gasteiger charge is -2.41. The van der Waals surface area contributed by atoms with Crippen LogP contribution in [-0.4, -0.2) is 26.3 Å². The van der Waals surface area contributed by atoms with E-state index in [9.17, 15) is 9.59 Å². The van der Waals surface area contributed by atoms with Crippen molar-refractivity contribution >= 4 is 22.8 Å². The molecule has 34 heavy (non-hydrogen) atoms. The van der Waals surface area contributed by atoms with Crippen LogP contribution in [0.5, 0.6) is 0 Å². The Morgan fingerprint density at radius 1 is 0.971 bits per heavy atom. The lowest BCUT2D eigenvalue weighted by Crippen LogP contribution is -2.47. The van der Waals surface area contributed by atoms with Crippen LogP contribution in [-0.2, 0) is 29.7 Å². The first-order chi connectivity index (χ1) is 16.6. The van der Waals surface area contributed by atoms with Gasteiger partial charge in [-0.3, -0.25) is 9.59 Å². The lowest BCUT2D eigenvalue weighted by molar-refractivity contribution is -0.144. The van der Waals surface area contributed by atoms with Crippen molar-refractivity contribution in [2.45, 2.75) is 32.0 Å². The molecule has 0 radical (unpaired) electrons. The average molecular weight is 453 g/mol. The van der Waals surface area contributed by atoms with Gasteiger partial charge in [0.2, 0.25) is 11.8 Å². The predicted octanol–water partition coefficient (Wildman–Crippen LogP) is 4.37. The van der Waals surface area contributed by atoms with E-state index in [-0.39, 0.29) is 23.8 Å². The molecule has 2 amide bonds. The molecule has 5 rings (SSSR count). The molecule has 0 bridgehead atoms. The molecule has 0 saturated carbocycles. The molecule has 172 valence electrons. The fraction of sp³-hybridized carbons (Fsp3) is 0.250. The number of nitrogens with zero attached hydrogens (tertiary/aromatic N) is 3. The van der Waals surface area contributed by atoms with Gasteiger partial charge in [0.15, 0.2) is 0 Å². The summed E-state index contributed by atoms with van der Waals surface area (Å²) in [5.74, 6) is 0.501. The molecule has 6 nitrogen and oxygen atoms in total. The van der Waals surface area contributed by atoms with Gasteiger partial charge in [-0.2, -0.15) is 0 Å². The van der Waals surface area contributed by atoms with Crippen LogP contribution in [0, 0.1) is 5.92 Å². The van der Waals surface area contributed by atoms with Gasteiger partial charge in [-0.05, 0) is 29.7 Å². The standard InChI is InChI=1S/C28H28N4O2/c1-31-24-15-9-8-14-23(24)30-25(31)18-29-28(34)22-16-17-26(33)32(19-20-10-4-2-5-11-20)27(22)21-12-6-3-7-13-21/h2-15,22,27H,16-19H2,1H3,(H,29,34). The summed E-state index contributed by atoms with van der Waals surface area (Å²) in [6.07, 6.45) is 0.888. The van der Waals surface area contributed by atoms with E-state index in [1.807, 2.05) is 101 Å². The van der Waals surface area contributed by atoms with Gasteiger partial charge >= 0.3 is 0 Å². The molecule has 0 spiro atoms. The molecule has 2 unspecified atom stereocenters. The van der Waals surface area contributed by atoms with Crippen LogP contribution >= 0.6 is 0 Å². The number of nitrogens with one attached hydrogen (secondary N) is 1. The number of carbonyl (C=O) groups is 2. The number of rotatable bonds is 6. The highest BCUT2D eigenvalue weighted by Gasteiger charge is 2.40. The second kappa shape index (κ2) is 9.51. The average Bonchev–Trinajstić information content (AvgIpc) is 3.20. The van der Waals surface area contributed by atoms with Gasteiger partial charge in [0.05, 0.1) is 29.5 Å². The van der Waals surface area contributed by atoms with Gasteiger partial charge in [-0.1, -0.05) is 72.8 Å². The maximum absolute atomic E-state index is 13.5. The number of likely N-dealkylation sites (tertiary alicyclic amines) is 1. The zero-order chi connectivity index (χ0) is 23.5. The maximum Gasteiger partial charge on any atom is 0.225 e. The first kappa shape index (κ1) is 21.9. The number of aromatic nitrogens is 2. The summed E-state index contributed by atoms with van der Waals surface area (Å²) < 4.78 is 2.01. The first-order valence-electron chi connectivity index (χ1n) is 11.7. The number of benzene rings is 3. The molecule has 1 fully saturated rings. The Kier molecular flexibility index (Phi) is 6.12. The fourth-order valence-corrected chi connectivity index (χ4v) is 4.91. The largest absolute Gasteiger partial charge is 0.349 e. The topological polar surface area (TPSA) is 67.2 Å². The minimum absolute atomic E-state index is 0.0496. The minimum atomic E-state index is -0.335. The summed E-state index contributed by atoms with van der Waals surface area (Å²) >= 11 is 0. The lowest BCUT2D eigenvalue weighted by atomic mass is 9.83. The Morgan fingerprint density at radius 3 is 2.38 bits per heavy atom. The fourth-order valence-electron chi connectivity index (χ4n) is 4.91. The summed E-state index contributed by atoms with van der Waals surface area (Å²) in [6, 6.07) is 27.5. The molecule has 1 saturated heterocycles. The molecule has 3 aromatic carbocycles. The Labute approximate surface area is 199 Å². The summed E-state index contributed by atoms with van der Waals surface area (Å²) in [5.41, 5.74) is 3.98. The Morgan fingerprint density at radius 2 is 1.65 bits per heavy atom. The zero-order valence-electron chi connectivity index (χ0n) is 19.2. The number of hydrogen-bond donors (Lipinski definition) is 1. The summed E-state index contributed by atoms with van der Waals surface area (Å²) in [7, 11) is 1.96. The molecular weight excluding hydrogens is 424 g/mol. The summed E-state index contributed by atoms with van der Waals surface area (Å²) in [6.45, 7) is 0.822. The highest BCUT2D eigenvalue weighted by atomic mass is 16.2. The van der Waals surface area contributed by atoms with Crippen LogP contribution in [0.25, 0.3) is 11.0 Å². The van der Waals surface area contributed by atoms with Gasteiger partial charge in [0.1, 0.15) is 5.82 Å². The maximum atomic E-state index is 13.5. The normalized spacial score (nSPS) is 18.3. The van der Waals surface area contributed by atoms with Crippen molar-refractivity contribution in [1.29, 1.82) is 0 Å². The van der Waals surface area contributed by atoms with Crippen molar-refractivity contribution in [3.05, 3.63) is 102 Å². The molecule has 4 aromatic rings. The van der Waals surface area contributed by atoms with E-state index in [1.54, 1.807) is 0 Å². The molecular formula is C28H28N4O2. The van der Waals surface area contributed by atoms with Crippen LogP contribution in [0.15, 0.2) is 84.9 Å². The van der Waals surface area contributed by atoms with Crippen LogP contribution < -0.4 is 5.32 Å². The third-order valence-corrected chi connectivity index (χ3v) is 6.68. The van der Waals surface area contributed by atoms with Crippen molar-refractivity contribution in [3.8, 4) is 0 Å². The van der Waals surface area contributed by atoms with Crippen LogP contribution in [0.2, 0.25) is 0 Å². The van der Waals surface area contributed by atoms with E-state index < -0.39 is 0 Å². The molecule has 1 aromatic heterocycles. The van der Waals surface area contributed by atoms with Crippen molar-refractivity contribution in [2.75, 3.05) is 0 Å². The number of amides is 2.